The maximum absolute atomic E-state index is 10.7. The first kappa shape index (κ1) is 13.4. The summed E-state index contributed by atoms with van der Waals surface area (Å²) in [4.78, 5) is 0. The molecule has 3 heteroatoms. The highest BCUT2D eigenvalue weighted by atomic mass is 79.9. The molecule has 0 spiro atoms. The van der Waals surface area contributed by atoms with E-state index in [2.05, 4.69) is 29.8 Å². The van der Waals surface area contributed by atoms with Gasteiger partial charge in [-0.15, -0.1) is 0 Å². The smallest absolute Gasteiger partial charge is 0.134 e. The van der Waals surface area contributed by atoms with E-state index in [0.29, 0.717) is 5.75 Å². The van der Waals surface area contributed by atoms with Gasteiger partial charge in [-0.1, -0.05) is 0 Å². The number of halogens is 1. The molecule has 0 bridgehead atoms. The second kappa shape index (κ2) is 4.49. The first-order valence-corrected chi connectivity index (χ1v) is 8.07. The van der Waals surface area contributed by atoms with Crippen molar-refractivity contribution in [1.29, 1.82) is 0 Å². The molecule has 2 nitrogen and oxygen atoms in total. The molecular formula is C16H22BrNO. The molecule has 1 saturated carbocycles. The van der Waals surface area contributed by atoms with E-state index in [0.717, 1.165) is 35.7 Å². The number of nitrogens with two attached hydrogens (primary N) is 1. The molecule has 3 N–H and O–H groups in total. The van der Waals surface area contributed by atoms with Gasteiger partial charge in [-0.3, -0.25) is 0 Å². The van der Waals surface area contributed by atoms with Crippen molar-refractivity contribution in [2.45, 2.75) is 63.8 Å². The van der Waals surface area contributed by atoms with Gasteiger partial charge in [0, 0.05) is 17.0 Å². The molecule has 2 aliphatic carbocycles. The number of hydrogen-bond acceptors (Lipinski definition) is 2. The van der Waals surface area contributed by atoms with Crippen LogP contribution in [0.15, 0.2) is 4.47 Å². The van der Waals surface area contributed by atoms with Gasteiger partial charge in [-0.25, -0.2) is 0 Å². The molecule has 2 aliphatic rings. The quantitative estimate of drug-likeness (QED) is 0.871. The van der Waals surface area contributed by atoms with Crippen molar-refractivity contribution in [3.63, 3.8) is 0 Å². The minimum Gasteiger partial charge on any atom is -0.506 e. The first-order valence-electron chi connectivity index (χ1n) is 7.28. The summed E-state index contributed by atoms with van der Waals surface area (Å²) in [7, 11) is 0. The lowest BCUT2D eigenvalue weighted by Gasteiger charge is -2.29. The molecule has 1 fully saturated rings. The summed E-state index contributed by atoms with van der Waals surface area (Å²) in [5.74, 6) is 0.452. The van der Waals surface area contributed by atoms with Crippen LogP contribution in [0.1, 0.15) is 54.9 Å². The minimum atomic E-state index is 0.0170. The molecule has 3 rings (SSSR count). The third kappa shape index (κ3) is 1.85. The second-order valence-corrected chi connectivity index (χ2v) is 7.06. The predicted octanol–water partition coefficient (Wildman–Crippen LogP) is 3.72. The molecule has 0 aromatic heterocycles. The zero-order valence-electron chi connectivity index (χ0n) is 11.7. The molecule has 0 heterocycles. The molecule has 19 heavy (non-hydrogen) atoms. The van der Waals surface area contributed by atoms with Crippen LogP contribution in [-0.2, 0) is 18.3 Å². The van der Waals surface area contributed by atoms with Crippen molar-refractivity contribution in [3.8, 4) is 5.75 Å². The van der Waals surface area contributed by atoms with Crippen molar-refractivity contribution in [1.82, 2.24) is 0 Å². The summed E-state index contributed by atoms with van der Waals surface area (Å²) in [6, 6.07) is 0.102. The summed E-state index contributed by atoms with van der Waals surface area (Å²) in [6.07, 6.45) is 6.91. The Labute approximate surface area is 123 Å². The highest BCUT2D eigenvalue weighted by Gasteiger charge is 2.50. The number of phenols is 1. The second-order valence-electron chi connectivity index (χ2n) is 6.27. The Hall–Kier alpha value is -0.540. The van der Waals surface area contributed by atoms with Gasteiger partial charge >= 0.3 is 0 Å². The Morgan fingerprint density at radius 1 is 1.21 bits per heavy atom. The topological polar surface area (TPSA) is 46.2 Å². The van der Waals surface area contributed by atoms with Gasteiger partial charge in [-0.2, -0.15) is 0 Å². The molecule has 104 valence electrons. The van der Waals surface area contributed by atoms with Crippen LogP contribution in [-0.4, -0.2) is 11.1 Å². The van der Waals surface area contributed by atoms with Gasteiger partial charge in [0.1, 0.15) is 5.75 Å². The summed E-state index contributed by atoms with van der Waals surface area (Å²) in [5, 5.41) is 10.7. The molecule has 0 radical (unpaired) electrons. The van der Waals surface area contributed by atoms with E-state index < -0.39 is 0 Å². The molecule has 1 aromatic rings. The van der Waals surface area contributed by atoms with Gasteiger partial charge < -0.3 is 10.8 Å². The fraction of sp³-hybridized carbons (Fsp3) is 0.625. The molecule has 0 aliphatic heterocycles. The first-order chi connectivity index (χ1) is 8.99. The van der Waals surface area contributed by atoms with Crippen LogP contribution in [0.5, 0.6) is 5.75 Å². The predicted molar refractivity (Wildman–Crippen MR) is 81.7 cm³/mol. The molecule has 1 unspecified atom stereocenters. The summed E-state index contributed by atoms with van der Waals surface area (Å²) < 4.78 is 0.926. The Bertz CT molecular complexity index is 532. The maximum Gasteiger partial charge on any atom is 0.134 e. The highest BCUT2D eigenvalue weighted by molar-refractivity contribution is 9.10. The number of hydrogen-bond donors (Lipinski definition) is 2. The van der Waals surface area contributed by atoms with E-state index in [1.165, 1.54) is 29.5 Å². The van der Waals surface area contributed by atoms with Crippen LogP contribution in [0.3, 0.4) is 0 Å². The molecule has 0 amide bonds. The Morgan fingerprint density at radius 2 is 1.79 bits per heavy atom. The molecule has 0 saturated heterocycles. The lowest BCUT2D eigenvalue weighted by molar-refractivity contribution is 0.439. The zero-order valence-corrected chi connectivity index (χ0v) is 13.3. The zero-order chi connectivity index (χ0) is 13.8. The number of phenolic OH excluding ortho intramolecular Hbond substituents is 1. The van der Waals surface area contributed by atoms with Crippen LogP contribution in [0.25, 0.3) is 0 Å². The SMILES string of the molecule is Cc1c2c(c(Br)c(O)c1C1(C(C)N)CC1)CCCC2. The summed E-state index contributed by atoms with van der Waals surface area (Å²) in [5.41, 5.74) is 11.4. The van der Waals surface area contributed by atoms with Crippen LogP contribution < -0.4 is 5.73 Å². The average Bonchev–Trinajstić information content (AvgIpc) is 3.18. The summed E-state index contributed by atoms with van der Waals surface area (Å²) >= 11 is 3.63. The molecular weight excluding hydrogens is 302 g/mol. The Balaban J connectivity index is 2.24. The highest BCUT2D eigenvalue weighted by Crippen LogP contribution is 2.57. The Kier molecular flexibility index (Phi) is 3.18. The minimum absolute atomic E-state index is 0.0170. The Morgan fingerprint density at radius 3 is 2.32 bits per heavy atom. The van der Waals surface area contributed by atoms with Gasteiger partial charge in [0.25, 0.3) is 0 Å². The molecule has 1 aromatic carbocycles. The van der Waals surface area contributed by atoms with Crippen molar-refractivity contribution < 1.29 is 5.11 Å². The fourth-order valence-electron chi connectivity index (χ4n) is 3.82. The maximum atomic E-state index is 10.7. The lowest BCUT2D eigenvalue weighted by atomic mass is 9.79. The monoisotopic (exact) mass is 323 g/mol. The van der Waals surface area contributed by atoms with Crippen molar-refractivity contribution in [3.05, 3.63) is 26.7 Å². The summed E-state index contributed by atoms with van der Waals surface area (Å²) in [6.45, 7) is 4.24. The van der Waals surface area contributed by atoms with Crippen molar-refractivity contribution in [2.75, 3.05) is 0 Å². The number of aromatic hydroxyl groups is 1. The number of rotatable bonds is 2. The number of benzene rings is 1. The van der Waals surface area contributed by atoms with E-state index in [4.69, 9.17) is 5.73 Å². The van der Waals surface area contributed by atoms with Crippen LogP contribution in [0, 0.1) is 6.92 Å². The van der Waals surface area contributed by atoms with Gasteiger partial charge in [0.05, 0.1) is 4.47 Å². The van der Waals surface area contributed by atoms with E-state index in [1.54, 1.807) is 0 Å². The largest absolute Gasteiger partial charge is 0.506 e. The average molecular weight is 324 g/mol. The third-order valence-electron chi connectivity index (χ3n) is 5.16. The van der Waals surface area contributed by atoms with Crippen molar-refractivity contribution >= 4 is 15.9 Å². The van der Waals surface area contributed by atoms with E-state index in [1.807, 2.05) is 0 Å². The lowest BCUT2D eigenvalue weighted by Crippen LogP contribution is -2.32. The number of fused-ring (bicyclic) bond motifs is 1. The fourth-order valence-corrected chi connectivity index (χ4v) is 4.46. The van der Waals surface area contributed by atoms with Gasteiger partial charge in [0.2, 0.25) is 0 Å². The van der Waals surface area contributed by atoms with E-state index in [9.17, 15) is 5.11 Å². The van der Waals surface area contributed by atoms with Gasteiger partial charge in [0.15, 0.2) is 0 Å². The normalized spacial score (nSPS) is 21.9. The van der Waals surface area contributed by atoms with Crippen LogP contribution >= 0.6 is 15.9 Å². The van der Waals surface area contributed by atoms with E-state index >= 15 is 0 Å². The van der Waals surface area contributed by atoms with Crippen LogP contribution in [0.2, 0.25) is 0 Å². The van der Waals surface area contributed by atoms with Crippen LogP contribution in [0.4, 0.5) is 0 Å². The standard InChI is InChI=1S/C16H22BrNO/c1-9-11-5-3-4-6-12(11)14(17)15(19)13(9)16(7-8-16)10(2)18/h10,19H,3-8,18H2,1-2H3. The van der Waals surface area contributed by atoms with Gasteiger partial charge in [-0.05, 0) is 85.0 Å². The third-order valence-corrected chi connectivity index (χ3v) is 6.02. The van der Waals surface area contributed by atoms with Crippen molar-refractivity contribution in [2.24, 2.45) is 5.73 Å². The van der Waals surface area contributed by atoms with E-state index in [-0.39, 0.29) is 11.5 Å². The molecule has 1 atom stereocenters.